The minimum atomic E-state index is 0.697. The van der Waals surface area contributed by atoms with E-state index < -0.39 is 0 Å². The number of thiazole rings is 1. The first-order valence-corrected chi connectivity index (χ1v) is 8.81. The normalized spacial score (nSPS) is 11.6. The fraction of sp³-hybridized carbons (Fsp3) is 0. The molecule has 3 nitrogen and oxygen atoms in total. The zero-order chi connectivity index (χ0) is 14.1. The van der Waals surface area contributed by atoms with Crippen LogP contribution in [0, 0.1) is 0 Å². The second-order valence-electron chi connectivity index (χ2n) is 4.28. The van der Waals surface area contributed by atoms with E-state index in [1.165, 1.54) is 9.75 Å². The summed E-state index contributed by atoms with van der Waals surface area (Å²) < 4.78 is 1.14. The third-order valence-corrected chi connectivity index (χ3v) is 5.83. The van der Waals surface area contributed by atoms with Crippen molar-refractivity contribution in [3.05, 3.63) is 53.9 Å². The van der Waals surface area contributed by atoms with Gasteiger partial charge in [-0.05, 0) is 35.7 Å². The number of hydrogen-bond donors (Lipinski definition) is 0. The summed E-state index contributed by atoms with van der Waals surface area (Å²) in [5.41, 5.74) is 0.974. The Morgan fingerprint density at radius 2 is 1.76 bits per heavy atom. The summed E-state index contributed by atoms with van der Waals surface area (Å²) in [5, 5.41) is 12.2. The van der Waals surface area contributed by atoms with Gasteiger partial charge >= 0.3 is 0 Å². The number of aromatic nitrogens is 1. The van der Waals surface area contributed by atoms with E-state index in [2.05, 4.69) is 38.8 Å². The highest BCUT2D eigenvalue weighted by atomic mass is 32.1. The van der Waals surface area contributed by atoms with Gasteiger partial charge in [0, 0.05) is 9.75 Å². The van der Waals surface area contributed by atoms with Gasteiger partial charge in [-0.3, -0.25) is 0 Å². The summed E-state index contributed by atoms with van der Waals surface area (Å²) in [6.45, 7) is 0. The molecule has 0 aliphatic heterocycles. The predicted octanol–water partition coefficient (Wildman–Crippen LogP) is 6.50. The Morgan fingerprint density at radius 3 is 2.62 bits per heavy atom. The van der Waals surface area contributed by atoms with Gasteiger partial charge in [0.15, 0.2) is 0 Å². The average Bonchev–Trinajstić information content (AvgIpc) is 3.23. The number of thiophene rings is 2. The van der Waals surface area contributed by atoms with Crippen LogP contribution >= 0.6 is 34.0 Å². The third kappa shape index (κ3) is 2.65. The second kappa shape index (κ2) is 5.48. The molecule has 21 heavy (non-hydrogen) atoms. The van der Waals surface area contributed by atoms with Crippen LogP contribution in [0.25, 0.3) is 20.0 Å². The number of benzene rings is 1. The summed E-state index contributed by atoms with van der Waals surface area (Å²) in [5.74, 6) is 0. The highest BCUT2D eigenvalue weighted by Gasteiger charge is 2.04. The van der Waals surface area contributed by atoms with Gasteiger partial charge in [0.05, 0.1) is 10.2 Å². The molecule has 4 rings (SSSR count). The molecule has 6 heteroatoms. The van der Waals surface area contributed by atoms with Crippen LogP contribution in [-0.2, 0) is 0 Å². The number of rotatable bonds is 3. The Bertz CT molecular complexity index is 870. The molecule has 0 saturated heterocycles. The minimum absolute atomic E-state index is 0.697. The molecule has 0 saturated carbocycles. The molecule has 0 amide bonds. The number of azo groups is 1. The van der Waals surface area contributed by atoms with Crippen LogP contribution in [0.15, 0.2) is 64.1 Å². The van der Waals surface area contributed by atoms with Crippen molar-refractivity contribution < 1.29 is 0 Å². The van der Waals surface area contributed by atoms with Gasteiger partial charge in [-0.15, -0.1) is 32.9 Å². The summed E-state index contributed by atoms with van der Waals surface area (Å²) >= 11 is 4.93. The molecule has 0 bridgehead atoms. The lowest BCUT2D eigenvalue weighted by Crippen LogP contribution is -1.63. The molecule has 1 aromatic carbocycles. The van der Waals surface area contributed by atoms with Crippen molar-refractivity contribution in [2.24, 2.45) is 10.2 Å². The molecule has 3 aromatic heterocycles. The van der Waals surface area contributed by atoms with Crippen LogP contribution in [0.1, 0.15) is 0 Å². The van der Waals surface area contributed by atoms with Gasteiger partial charge in [-0.25, -0.2) is 4.98 Å². The zero-order valence-electron chi connectivity index (χ0n) is 10.8. The smallest absolute Gasteiger partial charge is 0.217 e. The largest absolute Gasteiger partial charge is 0.231 e. The van der Waals surface area contributed by atoms with Crippen molar-refractivity contribution >= 4 is 54.4 Å². The molecule has 0 atom stereocenters. The van der Waals surface area contributed by atoms with Gasteiger partial charge in [0.1, 0.15) is 5.00 Å². The second-order valence-corrected chi connectivity index (χ2v) is 7.30. The lowest BCUT2D eigenvalue weighted by atomic mass is 10.3. The van der Waals surface area contributed by atoms with E-state index in [1.807, 2.05) is 30.3 Å². The van der Waals surface area contributed by atoms with E-state index >= 15 is 0 Å². The average molecular weight is 327 g/mol. The maximum absolute atomic E-state index is 4.45. The van der Waals surface area contributed by atoms with Crippen molar-refractivity contribution in [1.29, 1.82) is 0 Å². The molecular weight excluding hydrogens is 318 g/mol. The Morgan fingerprint density at radius 1 is 0.810 bits per heavy atom. The van der Waals surface area contributed by atoms with E-state index in [1.54, 1.807) is 34.0 Å². The standard InChI is InChI=1S/C15H9N3S3/c1-2-5-11-10(4-1)16-15(21-11)18-17-14-8-7-13(20-14)12-6-3-9-19-12/h1-9H/b18-17+. The molecule has 0 unspecified atom stereocenters. The summed E-state index contributed by atoms with van der Waals surface area (Å²) in [6.07, 6.45) is 0. The van der Waals surface area contributed by atoms with Crippen LogP contribution < -0.4 is 0 Å². The first kappa shape index (κ1) is 12.8. The predicted molar refractivity (Wildman–Crippen MR) is 91.4 cm³/mol. The number of para-hydroxylation sites is 1. The lowest BCUT2D eigenvalue weighted by molar-refractivity contribution is 1.23. The first-order valence-electron chi connectivity index (χ1n) is 6.29. The van der Waals surface area contributed by atoms with Crippen molar-refractivity contribution in [2.75, 3.05) is 0 Å². The summed E-state index contributed by atoms with van der Waals surface area (Å²) in [6, 6.07) is 16.3. The van der Waals surface area contributed by atoms with Crippen molar-refractivity contribution in [1.82, 2.24) is 4.98 Å². The number of nitrogens with zero attached hydrogens (tertiary/aromatic N) is 3. The fourth-order valence-electron chi connectivity index (χ4n) is 1.93. The quantitative estimate of drug-likeness (QED) is 0.396. The third-order valence-electron chi connectivity index (χ3n) is 2.87. The Kier molecular flexibility index (Phi) is 3.34. The highest BCUT2D eigenvalue weighted by Crippen LogP contribution is 2.36. The van der Waals surface area contributed by atoms with Gasteiger partial charge < -0.3 is 0 Å². The fourth-order valence-corrected chi connectivity index (χ4v) is 4.38. The molecule has 102 valence electrons. The SMILES string of the molecule is c1csc(-c2ccc(/N=N/c3nc4ccccc4s3)s2)c1. The van der Waals surface area contributed by atoms with Crippen LogP contribution in [0.4, 0.5) is 10.1 Å². The Labute approximate surface area is 133 Å². The molecule has 0 radical (unpaired) electrons. The van der Waals surface area contributed by atoms with E-state index in [-0.39, 0.29) is 0 Å². The van der Waals surface area contributed by atoms with Gasteiger partial charge in [0.25, 0.3) is 0 Å². The summed E-state index contributed by atoms with van der Waals surface area (Å²) in [7, 11) is 0. The molecule has 4 aromatic rings. The Balaban J connectivity index is 1.60. The zero-order valence-corrected chi connectivity index (χ0v) is 13.2. The lowest BCUT2D eigenvalue weighted by Gasteiger charge is -1.86. The van der Waals surface area contributed by atoms with E-state index in [4.69, 9.17) is 0 Å². The Hall–Kier alpha value is -1.89. The van der Waals surface area contributed by atoms with Crippen LogP contribution in [0.5, 0.6) is 0 Å². The van der Waals surface area contributed by atoms with Crippen LogP contribution in [0.3, 0.4) is 0 Å². The monoisotopic (exact) mass is 327 g/mol. The van der Waals surface area contributed by atoms with Gasteiger partial charge in [0.2, 0.25) is 5.13 Å². The van der Waals surface area contributed by atoms with E-state index in [0.29, 0.717) is 5.13 Å². The molecule has 0 aliphatic carbocycles. The maximum Gasteiger partial charge on any atom is 0.231 e. The number of fused-ring (bicyclic) bond motifs is 1. The molecular formula is C15H9N3S3. The van der Waals surface area contributed by atoms with Crippen molar-refractivity contribution in [2.45, 2.75) is 0 Å². The van der Waals surface area contributed by atoms with E-state index in [9.17, 15) is 0 Å². The van der Waals surface area contributed by atoms with E-state index in [0.717, 1.165) is 15.2 Å². The first-order chi connectivity index (χ1) is 10.4. The highest BCUT2D eigenvalue weighted by molar-refractivity contribution is 7.23. The van der Waals surface area contributed by atoms with Gasteiger partial charge in [-0.2, -0.15) is 0 Å². The van der Waals surface area contributed by atoms with Crippen molar-refractivity contribution in [3.8, 4) is 9.75 Å². The molecule has 0 spiro atoms. The van der Waals surface area contributed by atoms with Gasteiger partial charge in [-0.1, -0.05) is 29.5 Å². The van der Waals surface area contributed by atoms with Crippen LogP contribution in [0.2, 0.25) is 0 Å². The molecule has 3 heterocycles. The van der Waals surface area contributed by atoms with Crippen molar-refractivity contribution in [3.63, 3.8) is 0 Å². The topological polar surface area (TPSA) is 37.6 Å². The maximum atomic E-state index is 4.45. The molecule has 0 N–H and O–H groups in total. The summed E-state index contributed by atoms with van der Waals surface area (Å²) in [4.78, 5) is 6.94. The molecule has 0 aliphatic rings. The number of hydrogen-bond acceptors (Lipinski definition) is 6. The molecule has 0 fully saturated rings. The minimum Gasteiger partial charge on any atom is -0.217 e. The van der Waals surface area contributed by atoms with Crippen LogP contribution in [-0.4, -0.2) is 4.98 Å².